The molecule has 2 aliphatic rings. The van der Waals surface area contributed by atoms with Gasteiger partial charge in [-0.3, -0.25) is 0 Å². The van der Waals surface area contributed by atoms with Gasteiger partial charge in [0.25, 0.3) is 0 Å². The van der Waals surface area contributed by atoms with E-state index >= 15 is 0 Å². The fraction of sp³-hybridized carbons (Fsp3) is 0.909. The third-order valence-electron chi connectivity index (χ3n) is 3.11. The largest absolute Gasteiger partial charge is 0.396 e. The van der Waals surface area contributed by atoms with Gasteiger partial charge in [0.15, 0.2) is 0 Å². The van der Waals surface area contributed by atoms with Gasteiger partial charge in [-0.1, -0.05) is 0 Å². The number of ether oxygens (including phenoxy) is 2. The van der Waals surface area contributed by atoms with Crippen molar-refractivity contribution in [2.45, 2.75) is 38.4 Å². The molecule has 2 rings (SSSR count). The van der Waals surface area contributed by atoms with E-state index in [0.29, 0.717) is 18.4 Å². The van der Waals surface area contributed by atoms with Crippen LogP contribution in [-0.2, 0) is 9.47 Å². The lowest BCUT2D eigenvalue weighted by Gasteiger charge is -2.15. The Morgan fingerprint density at radius 1 is 1.43 bits per heavy atom. The molecule has 1 saturated heterocycles. The standard InChI is InChI=1S/C11H19O3/c12-8-10-7-9(10)4-6-14-11-3-1-2-5-13-11/h5,9-12H,1-4,6-8H2/q+1/t9-,10?,11?/m0/s1. The third-order valence-corrected chi connectivity index (χ3v) is 3.11. The quantitative estimate of drug-likeness (QED) is 0.685. The highest BCUT2D eigenvalue weighted by molar-refractivity contribution is 4.85. The Morgan fingerprint density at radius 3 is 3.00 bits per heavy atom. The highest BCUT2D eigenvalue weighted by atomic mass is 16.7. The molecule has 0 aromatic heterocycles. The lowest BCUT2D eigenvalue weighted by molar-refractivity contribution is -0.140. The summed E-state index contributed by atoms with van der Waals surface area (Å²) in [7, 11) is 0. The number of aliphatic hydroxyl groups is 1. The smallest absolute Gasteiger partial charge is 0.231 e. The van der Waals surface area contributed by atoms with Gasteiger partial charge in [-0.05, 0) is 31.1 Å². The Labute approximate surface area is 85.4 Å². The number of hydrogen-bond acceptors (Lipinski definition) is 3. The van der Waals surface area contributed by atoms with E-state index in [0.717, 1.165) is 25.9 Å². The van der Waals surface area contributed by atoms with Crippen molar-refractivity contribution in [3.8, 4) is 0 Å². The first-order chi connectivity index (χ1) is 6.90. The summed E-state index contributed by atoms with van der Waals surface area (Å²) >= 11 is 0. The maximum absolute atomic E-state index is 8.85. The second-order valence-corrected chi connectivity index (χ2v) is 4.26. The molecule has 0 spiro atoms. The first-order valence-electron chi connectivity index (χ1n) is 5.59. The van der Waals surface area contributed by atoms with Crippen molar-refractivity contribution in [1.29, 1.82) is 0 Å². The van der Waals surface area contributed by atoms with E-state index in [2.05, 4.69) is 0 Å². The third kappa shape index (κ3) is 2.87. The van der Waals surface area contributed by atoms with Crippen molar-refractivity contribution < 1.29 is 14.6 Å². The number of aliphatic hydroxyl groups excluding tert-OH is 1. The average molecular weight is 199 g/mol. The molecular weight excluding hydrogens is 180 g/mol. The molecule has 3 atom stereocenters. The van der Waals surface area contributed by atoms with Gasteiger partial charge in [-0.25, -0.2) is 0 Å². The van der Waals surface area contributed by atoms with Gasteiger partial charge in [0.2, 0.25) is 12.9 Å². The van der Waals surface area contributed by atoms with Crippen LogP contribution in [-0.4, -0.2) is 24.6 Å². The average Bonchev–Trinajstić information content (AvgIpc) is 2.98. The summed E-state index contributed by atoms with van der Waals surface area (Å²) in [4.78, 5) is 0. The van der Waals surface area contributed by atoms with Crippen molar-refractivity contribution in [1.82, 2.24) is 0 Å². The second-order valence-electron chi connectivity index (χ2n) is 4.26. The Kier molecular flexibility index (Phi) is 3.67. The molecule has 3 heteroatoms. The Morgan fingerprint density at radius 2 is 2.36 bits per heavy atom. The summed E-state index contributed by atoms with van der Waals surface area (Å²) in [5.41, 5.74) is 0. The summed E-state index contributed by atoms with van der Waals surface area (Å²) in [6.07, 6.45) is 5.49. The molecule has 0 aromatic carbocycles. The summed E-state index contributed by atoms with van der Waals surface area (Å²) in [5, 5.41) is 8.85. The minimum absolute atomic E-state index is 0.00456. The molecule has 1 heterocycles. The van der Waals surface area contributed by atoms with E-state index in [4.69, 9.17) is 14.6 Å². The molecule has 0 amide bonds. The molecule has 1 aliphatic heterocycles. The molecule has 3 nitrogen and oxygen atoms in total. The van der Waals surface area contributed by atoms with Gasteiger partial charge in [0.1, 0.15) is 6.42 Å². The van der Waals surface area contributed by atoms with E-state index in [1.807, 2.05) is 6.61 Å². The van der Waals surface area contributed by atoms with E-state index in [1.165, 1.54) is 12.8 Å². The van der Waals surface area contributed by atoms with Crippen molar-refractivity contribution in [2.75, 3.05) is 13.2 Å². The van der Waals surface area contributed by atoms with Crippen LogP contribution in [0, 0.1) is 18.4 Å². The van der Waals surface area contributed by atoms with Gasteiger partial charge in [0, 0.05) is 13.0 Å². The van der Waals surface area contributed by atoms with Crippen LogP contribution in [0.15, 0.2) is 0 Å². The monoisotopic (exact) mass is 199 g/mol. The van der Waals surface area contributed by atoms with Crippen molar-refractivity contribution in [3.63, 3.8) is 0 Å². The Bertz CT molecular complexity index is 166. The summed E-state index contributed by atoms with van der Waals surface area (Å²) in [6, 6.07) is 0. The van der Waals surface area contributed by atoms with Crippen LogP contribution in [0.1, 0.15) is 32.1 Å². The normalized spacial score (nSPS) is 36.5. The maximum atomic E-state index is 8.85. The first-order valence-corrected chi connectivity index (χ1v) is 5.59. The predicted octanol–water partition coefficient (Wildman–Crippen LogP) is 1.71. The van der Waals surface area contributed by atoms with Crippen LogP contribution in [0.5, 0.6) is 0 Å². The molecule has 2 fully saturated rings. The summed E-state index contributed by atoms with van der Waals surface area (Å²) in [5.74, 6) is 1.25. The first kappa shape index (κ1) is 10.3. The number of hydrogen-bond donors (Lipinski definition) is 1. The molecule has 0 bridgehead atoms. The minimum atomic E-state index is -0.00456. The van der Waals surface area contributed by atoms with Crippen LogP contribution in [0.2, 0.25) is 0 Å². The van der Waals surface area contributed by atoms with E-state index < -0.39 is 0 Å². The predicted molar refractivity (Wildman–Crippen MR) is 52.3 cm³/mol. The van der Waals surface area contributed by atoms with Gasteiger partial charge in [-0.2, -0.15) is 4.74 Å². The van der Waals surface area contributed by atoms with E-state index in [9.17, 15) is 0 Å². The van der Waals surface area contributed by atoms with E-state index in [1.54, 1.807) is 0 Å². The summed E-state index contributed by atoms with van der Waals surface area (Å²) < 4.78 is 10.9. The molecule has 1 saturated carbocycles. The topological polar surface area (TPSA) is 38.7 Å². The minimum Gasteiger partial charge on any atom is -0.396 e. The fourth-order valence-corrected chi connectivity index (χ4v) is 1.97. The molecule has 2 unspecified atom stereocenters. The van der Waals surface area contributed by atoms with Crippen LogP contribution in [0.25, 0.3) is 0 Å². The molecule has 80 valence electrons. The van der Waals surface area contributed by atoms with Gasteiger partial charge >= 0.3 is 0 Å². The highest BCUT2D eigenvalue weighted by Crippen LogP contribution is 2.40. The van der Waals surface area contributed by atoms with Gasteiger partial charge in [-0.15, -0.1) is 0 Å². The van der Waals surface area contributed by atoms with Crippen LogP contribution < -0.4 is 0 Å². The highest BCUT2D eigenvalue weighted by Gasteiger charge is 2.35. The molecule has 0 aromatic rings. The zero-order chi connectivity index (χ0) is 9.80. The second kappa shape index (κ2) is 5.01. The molecule has 14 heavy (non-hydrogen) atoms. The van der Waals surface area contributed by atoms with E-state index in [-0.39, 0.29) is 6.29 Å². The lowest BCUT2D eigenvalue weighted by atomic mass is 10.2. The number of rotatable bonds is 5. The zero-order valence-electron chi connectivity index (χ0n) is 8.52. The zero-order valence-corrected chi connectivity index (χ0v) is 8.52. The lowest BCUT2D eigenvalue weighted by Crippen LogP contribution is -2.20. The maximum Gasteiger partial charge on any atom is 0.231 e. The Hall–Kier alpha value is -0.250. The van der Waals surface area contributed by atoms with Gasteiger partial charge in [0.05, 0.1) is 6.61 Å². The molecule has 1 N–H and O–H groups in total. The van der Waals surface area contributed by atoms with Crippen molar-refractivity contribution in [2.24, 2.45) is 11.8 Å². The van der Waals surface area contributed by atoms with Crippen LogP contribution >= 0.6 is 0 Å². The molecule has 1 aliphatic carbocycles. The molecular formula is C11H19O3+. The van der Waals surface area contributed by atoms with Gasteiger partial charge < -0.3 is 9.84 Å². The SMILES string of the molecule is OCC1C[C@@H]1CCOC1CCC[CH+]O1. The Balaban J connectivity index is 1.50. The fourth-order valence-electron chi connectivity index (χ4n) is 1.97. The van der Waals surface area contributed by atoms with Crippen molar-refractivity contribution >= 4 is 0 Å². The van der Waals surface area contributed by atoms with Crippen LogP contribution in [0.4, 0.5) is 0 Å². The van der Waals surface area contributed by atoms with Crippen molar-refractivity contribution in [3.05, 3.63) is 6.61 Å². The molecule has 0 radical (unpaired) electrons. The van der Waals surface area contributed by atoms with Crippen LogP contribution in [0.3, 0.4) is 0 Å². The summed E-state index contributed by atoms with van der Waals surface area (Å²) in [6.45, 7) is 2.97.